The molecule has 1 aliphatic rings. The lowest BCUT2D eigenvalue weighted by atomic mass is 10.1. The summed E-state index contributed by atoms with van der Waals surface area (Å²) >= 11 is 1.43. The van der Waals surface area contributed by atoms with Crippen LogP contribution in [0.1, 0.15) is 34.5 Å². The number of carbonyl (C=O) groups excluding carboxylic acids is 1. The molecule has 1 aromatic rings. The van der Waals surface area contributed by atoms with Crippen molar-refractivity contribution in [3.05, 3.63) is 21.9 Å². The number of likely N-dealkylation sites (tertiary alicyclic amines) is 1. The molecule has 1 fully saturated rings. The van der Waals surface area contributed by atoms with Crippen LogP contribution in [-0.4, -0.2) is 43.5 Å². The maximum absolute atomic E-state index is 12.1. The molecule has 1 amide bonds. The molecule has 5 heteroatoms. The number of carbonyl (C=O) groups is 1. The molecule has 1 aliphatic heterocycles. The fourth-order valence-electron chi connectivity index (χ4n) is 2.32. The summed E-state index contributed by atoms with van der Waals surface area (Å²) < 4.78 is 0. The highest BCUT2D eigenvalue weighted by Crippen LogP contribution is 2.15. The van der Waals surface area contributed by atoms with Gasteiger partial charge >= 0.3 is 0 Å². The van der Waals surface area contributed by atoms with E-state index in [0.717, 1.165) is 25.2 Å². The van der Waals surface area contributed by atoms with Gasteiger partial charge in [-0.2, -0.15) is 0 Å². The Morgan fingerprint density at radius 2 is 2.20 bits per heavy atom. The van der Waals surface area contributed by atoms with E-state index in [9.17, 15) is 4.79 Å². The zero-order valence-corrected chi connectivity index (χ0v) is 12.5. The number of hydrogen-bond donors (Lipinski definition) is 2. The Morgan fingerprint density at radius 1 is 1.40 bits per heavy atom. The Morgan fingerprint density at radius 3 is 2.95 bits per heavy atom. The minimum atomic E-state index is -0.0293. The summed E-state index contributed by atoms with van der Waals surface area (Å²) in [6, 6.07) is 1.87. The highest BCUT2D eigenvalue weighted by atomic mass is 32.1. The van der Waals surface area contributed by atoms with Gasteiger partial charge in [-0.25, -0.2) is 0 Å². The predicted molar refractivity (Wildman–Crippen MR) is 82.9 cm³/mol. The van der Waals surface area contributed by atoms with Gasteiger partial charge in [0.1, 0.15) is 4.88 Å². The van der Waals surface area contributed by atoms with Crippen molar-refractivity contribution in [1.82, 2.24) is 10.2 Å². The molecular weight excluding hydrogens is 270 g/mol. The maximum Gasteiger partial charge on any atom is 0.262 e. The van der Waals surface area contributed by atoms with E-state index in [1.54, 1.807) is 0 Å². The highest BCUT2D eigenvalue weighted by molar-refractivity contribution is 7.12. The minimum Gasteiger partial charge on any atom is -0.350 e. The van der Waals surface area contributed by atoms with E-state index < -0.39 is 0 Å². The van der Waals surface area contributed by atoms with Gasteiger partial charge in [0.2, 0.25) is 0 Å². The van der Waals surface area contributed by atoms with Gasteiger partial charge < -0.3 is 16.0 Å². The zero-order chi connectivity index (χ0) is 14.2. The van der Waals surface area contributed by atoms with Crippen molar-refractivity contribution in [3.8, 4) is 11.8 Å². The van der Waals surface area contributed by atoms with Gasteiger partial charge in [0, 0.05) is 18.7 Å². The Balaban J connectivity index is 1.81. The Hall–Kier alpha value is -1.35. The molecule has 1 saturated heterocycles. The van der Waals surface area contributed by atoms with Crippen molar-refractivity contribution < 1.29 is 4.79 Å². The zero-order valence-electron chi connectivity index (χ0n) is 11.7. The van der Waals surface area contributed by atoms with E-state index in [4.69, 9.17) is 5.73 Å². The summed E-state index contributed by atoms with van der Waals surface area (Å²) in [7, 11) is 0. The van der Waals surface area contributed by atoms with Gasteiger partial charge in [-0.15, -0.1) is 11.3 Å². The molecule has 0 spiro atoms. The number of hydrogen-bond acceptors (Lipinski definition) is 4. The second kappa shape index (κ2) is 8.05. The molecule has 2 heterocycles. The van der Waals surface area contributed by atoms with Crippen molar-refractivity contribution >= 4 is 17.2 Å². The Kier molecular flexibility index (Phi) is 6.06. The average molecular weight is 291 g/mol. The van der Waals surface area contributed by atoms with Crippen LogP contribution in [0.4, 0.5) is 0 Å². The van der Waals surface area contributed by atoms with Crippen molar-refractivity contribution in [2.24, 2.45) is 5.73 Å². The van der Waals surface area contributed by atoms with Crippen LogP contribution >= 0.6 is 11.3 Å². The molecule has 1 aromatic heterocycles. The molecule has 0 radical (unpaired) electrons. The predicted octanol–water partition coefficient (Wildman–Crippen LogP) is 1.27. The van der Waals surface area contributed by atoms with E-state index in [0.29, 0.717) is 18.0 Å². The molecule has 2 rings (SSSR count). The van der Waals surface area contributed by atoms with Gasteiger partial charge in [0.05, 0.1) is 6.54 Å². The first-order chi connectivity index (χ1) is 9.81. The van der Waals surface area contributed by atoms with E-state index >= 15 is 0 Å². The van der Waals surface area contributed by atoms with Crippen molar-refractivity contribution in [3.63, 3.8) is 0 Å². The lowest BCUT2D eigenvalue weighted by molar-refractivity contribution is 0.0950. The molecule has 0 saturated carbocycles. The molecule has 3 N–H and O–H groups in total. The number of nitrogens with zero attached hydrogens (tertiary/aromatic N) is 1. The van der Waals surface area contributed by atoms with Gasteiger partial charge in [-0.05, 0) is 37.4 Å². The highest BCUT2D eigenvalue weighted by Gasteiger charge is 2.13. The van der Waals surface area contributed by atoms with Crippen LogP contribution in [0.3, 0.4) is 0 Å². The topological polar surface area (TPSA) is 58.4 Å². The molecule has 0 atom stereocenters. The normalized spacial score (nSPS) is 15.4. The van der Waals surface area contributed by atoms with Crippen molar-refractivity contribution in [1.29, 1.82) is 0 Å². The van der Waals surface area contributed by atoms with Gasteiger partial charge in [-0.1, -0.05) is 18.3 Å². The van der Waals surface area contributed by atoms with Crippen LogP contribution in [0.2, 0.25) is 0 Å². The Labute approximate surface area is 124 Å². The monoisotopic (exact) mass is 291 g/mol. The van der Waals surface area contributed by atoms with Gasteiger partial charge in [0.15, 0.2) is 0 Å². The van der Waals surface area contributed by atoms with Crippen molar-refractivity contribution in [2.45, 2.75) is 19.3 Å². The summed E-state index contributed by atoms with van der Waals surface area (Å²) in [4.78, 5) is 15.2. The van der Waals surface area contributed by atoms with E-state index in [2.05, 4.69) is 22.1 Å². The lowest BCUT2D eigenvalue weighted by Crippen LogP contribution is -2.37. The number of amides is 1. The van der Waals surface area contributed by atoms with Crippen LogP contribution in [0.25, 0.3) is 0 Å². The summed E-state index contributed by atoms with van der Waals surface area (Å²) in [6.07, 6.45) is 3.89. The average Bonchev–Trinajstić information content (AvgIpc) is 2.94. The quantitative estimate of drug-likeness (QED) is 0.822. The minimum absolute atomic E-state index is 0.0293. The molecule has 0 aromatic carbocycles. The van der Waals surface area contributed by atoms with Gasteiger partial charge in [0.25, 0.3) is 5.91 Å². The van der Waals surface area contributed by atoms with E-state index in [-0.39, 0.29) is 5.91 Å². The molecule has 20 heavy (non-hydrogen) atoms. The molecule has 0 bridgehead atoms. The second-order valence-electron chi connectivity index (χ2n) is 4.83. The fraction of sp³-hybridized carbons (Fsp3) is 0.533. The van der Waals surface area contributed by atoms with Crippen LogP contribution in [0.15, 0.2) is 11.4 Å². The second-order valence-corrected chi connectivity index (χ2v) is 5.74. The Bertz CT molecular complexity index is 495. The molecule has 4 nitrogen and oxygen atoms in total. The summed E-state index contributed by atoms with van der Waals surface area (Å²) in [5.74, 6) is 5.70. The third-order valence-corrected chi connectivity index (χ3v) is 4.27. The maximum atomic E-state index is 12.1. The number of nitrogens with two attached hydrogens (primary N) is 1. The van der Waals surface area contributed by atoms with Crippen LogP contribution in [0.5, 0.6) is 0 Å². The standard InChI is InChI=1S/C15H21N3OS/c16-7-4-5-13-6-12-20-14(13)15(19)17-8-11-18-9-2-1-3-10-18/h6,12H,1-3,7-11,16H2,(H,17,19). The third kappa shape index (κ3) is 4.34. The fourth-order valence-corrected chi connectivity index (χ4v) is 3.09. The first-order valence-electron chi connectivity index (χ1n) is 7.08. The number of thiophene rings is 1. The van der Waals surface area contributed by atoms with E-state index in [1.165, 1.54) is 30.6 Å². The first kappa shape index (κ1) is 15.0. The summed E-state index contributed by atoms with van der Waals surface area (Å²) in [5.41, 5.74) is 6.13. The first-order valence-corrected chi connectivity index (χ1v) is 7.96. The molecular formula is C15H21N3OS. The third-order valence-electron chi connectivity index (χ3n) is 3.36. The van der Waals surface area contributed by atoms with Crippen LogP contribution < -0.4 is 11.1 Å². The summed E-state index contributed by atoms with van der Waals surface area (Å²) in [6.45, 7) is 4.25. The summed E-state index contributed by atoms with van der Waals surface area (Å²) in [5, 5.41) is 4.87. The smallest absolute Gasteiger partial charge is 0.262 e. The van der Waals surface area contributed by atoms with E-state index in [1.807, 2.05) is 11.4 Å². The largest absolute Gasteiger partial charge is 0.350 e. The molecule has 0 aliphatic carbocycles. The number of rotatable bonds is 4. The van der Waals surface area contributed by atoms with Crippen molar-refractivity contribution in [2.75, 3.05) is 32.7 Å². The van der Waals surface area contributed by atoms with Crippen LogP contribution in [0, 0.1) is 11.8 Å². The molecule has 0 unspecified atom stereocenters. The SMILES string of the molecule is NCC#Cc1ccsc1C(=O)NCCN1CCCCC1. The van der Waals surface area contributed by atoms with Crippen LogP contribution in [-0.2, 0) is 0 Å². The number of piperidine rings is 1. The molecule has 108 valence electrons. The number of nitrogens with one attached hydrogen (secondary N) is 1. The lowest BCUT2D eigenvalue weighted by Gasteiger charge is -2.26. The van der Waals surface area contributed by atoms with Gasteiger partial charge in [-0.3, -0.25) is 4.79 Å².